The molecule has 0 saturated heterocycles. The van der Waals surface area contributed by atoms with Crippen molar-refractivity contribution in [3.63, 3.8) is 0 Å². The van der Waals surface area contributed by atoms with E-state index >= 15 is 0 Å². The van der Waals surface area contributed by atoms with Gasteiger partial charge in [0.1, 0.15) is 0 Å². The second-order valence-electron chi connectivity index (χ2n) is 1.07. The molecule has 0 aromatic rings. The molecule has 0 bridgehead atoms. The van der Waals surface area contributed by atoms with Gasteiger partial charge in [-0.3, -0.25) is 4.79 Å². The lowest BCUT2D eigenvalue weighted by atomic mass is 11.0. The molecule has 0 rings (SSSR count). The fraction of sp³-hybridized carbons (Fsp3) is 0.667. The van der Waals surface area contributed by atoms with Crippen LogP contribution in [0.4, 0.5) is 4.79 Å². The Labute approximate surface area is 59.1 Å². The Hall–Kier alpha value is 0.430. The van der Waals surface area contributed by atoms with Gasteiger partial charge in [-0.2, -0.15) is 0 Å². The molecule has 0 N–H and O–H groups in total. The van der Waals surface area contributed by atoms with Crippen LogP contribution in [0.15, 0.2) is 0 Å². The second kappa shape index (κ2) is 3.43. The predicted octanol–water partition coefficient (Wildman–Crippen LogP) is 1.79. The lowest BCUT2D eigenvalue weighted by Gasteiger charge is -2.05. The Morgan fingerprint density at radius 3 is 2.29 bits per heavy atom. The van der Waals surface area contributed by atoms with Gasteiger partial charge in [-0.05, 0) is 0 Å². The Bertz CT molecular complexity index is 75.3. The summed E-state index contributed by atoms with van der Waals surface area (Å²) in [5.41, 5.74) is 0.567. The van der Waals surface area contributed by atoms with E-state index in [9.17, 15) is 4.79 Å². The van der Waals surface area contributed by atoms with E-state index in [-0.39, 0.29) is 4.82 Å². The van der Waals surface area contributed by atoms with Crippen LogP contribution in [0.1, 0.15) is 0 Å². The standard InChI is InChI=1S/C3H5Br2NO/c1-6(2-4)3(5)7/h2H2,1H3. The largest absolute Gasteiger partial charge is 0.326 e. The van der Waals surface area contributed by atoms with Crippen molar-refractivity contribution >= 4 is 36.7 Å². The minimum atomic E-state index is -0.107. The van der Waals surface area contributed by atoms with Crippen LogP contribution >= 0.6 is 31.9 Å². The zero-order valence-electron chi connectivity index (χ0n) is 3.82. The molecule has 42 valence electrons. The fourth-order valence-electron chi connectivity index (χ4n) is 0.0470. The third-order valence-corrected chi connectivity index (χ3v) is 1.84. The van der Waals surface area contributed by atoms with Gasteiger partial charge in [0.05, 0.1) is 5.45 Å². The first kappa shape index (κ1) is 7.43. The van der Waals surface area contributed by atoms with E-state index in [1.54, 1.807) is 7.05 Å². The predicted molar refractivity (Wildman–Crippen MR) is 35.9 cm³/mol. The quantitative estimate of drug-likeness (QED) is 0.382. The normalized spacial score (nSPS) is 8.43. The van der Waals surface area contributed by atoms with Crippen molar-refractivity contribution in [3.8, 4) is 0 Å². The third-order valence-electron chi connectivity index (χ3n) is 0.479. The number of alkyl halides is 1. The highest BCUT2D eigenvalue weighted by atomic mass is 79.9. The van der Waals surface area contributed by atoms with Gasteiger partial charge in [0.2, 0.25) is 0 Å². The number of rotatable bonds is 1. The molecule has 0 fully saturated rings. The highest BCUT2D eigenvalue weighted by Crippen LogP contribution is 1.96. The van der Waals surface area contributed by atoms with Crippen molar-refractivity contribution in [2.24, 2.45) is 0 Å². The van der Waals surface area contributed by atoms with Gasteiger partial charge in [-0.25, -0.2) is 0 Å². The summed E-state index contributed by atoms with van der Waals surface area (Å²) in [4.78, 5) is 11.6. The molecule has 0 unspecified atom stereocenters. The van der Waals surface area contributed by atoms with Crippen LogP contribution in [0.5, 0.6) is 0 Å². The van der Waals surface area contributed by atoms with Gasteiger partial charge in [0.25, 0.3) is 4.82 Å². The van der Waals surface area contributed by atoms with E-state index in [1.165, 1.54) is 4.90 Å². The maximum absolute atomic E-state index is 10.2. The summed E-state index contributed by atoms with van der Waals surface area (Å²) in [5.74, 6) is 0. The van der Waals surface area contributed by atoms with E-state index in [1.807, 2.05) is 0 Å². The first-order chi connectivity index (χ1) is 3.18. The summed E-state index contributed by atoms with van der Waals surface area (Å²) in [6.45, 7) is 0. The first-order valence-electron chi connectivity index (χ1n) is 1.65. The van der Waals surface area contributed by atoms with Gasteiger partial charge >= 0.3 is 0 Å². The van der Waals surface area contributed by atoms with Crippen molar-refractivity contribution < 1.29 is 4.79 Å². The molecule has 0 spiro atoms. The molecular formula is C3H5Br2NO. The number of amides is 1. The number of carbonyl (C=O) groups is 1. The molecule has 7 heavy (non-hydrogen) atoms. The van der Waals surface area contributed by atoms with Gasteiger partial charge < -0.3 is 4.90 Å². The molecule has 0 saturated carbocycles. The molecule has 0 radical (unpaired) electrons. The molecule has 0 heterocycles. The maximum atomic E-state index is 10.2. The van der Waals surface area contributed by atoms with Gasteiger partial charge in [-0.15, -0.1) is 0 Å². The molecule has 2 nitrogen and oxygen atoms in total. The minimum absolute atomic E-state index is 0.107. The molecule has 0 aliphatic carbocycles. The number of hydrogen-bond donors (Lipinski definition) is 0. The van der Waals surface area contributed by atoms with Gasteiger partial charge in [0, 0.05) is 23.0 Å². The van der Waals surface area contributed by atoms with E-state index in [4.69, 9.17) is 0 Å². The Morgan fingerprint density at radius 2 is 2.29 bits per heavy atom. The van der Waals surface area contributed by atoms with Crippen LogP contribution in [-0.2, 0) is 0 Å². The number of hydrogen-bond acceptors (Lipinski definition) is 1. The lowest BCUT2D eigenvalue weighted by Crippen LogP contribution is -2.17. The summed E-state index contributed by atoms with van der Waals surface area (Å²) in [6.07, 6.45) is 0. The van der Waals surface area contributed by atoms with E-state index in [0.717, 1.165) is 0 Å². The summed E-state index contributed by atoms with van der Waals surface area (Å²) in [7, 11) is 1.69. The monoisotopic (exact) mass is 229 g/mol. The van der Waals surface area contributed by atoms with Crippen molar-refractivity contribution in [2.75, 3.05) is 12.5 Å². The van der Waals surface area contributed by atoms with E-state index < -0.39 is 0 Å². The molecule has 0 aliphatic heterocycles. The topological polar surface area (TPSA) is 20.3 Å². The van der Waals surface area contributed by atoms with Crippen LogP contribution in [0.25, 0.3) is 0 Å². The first-order valence-corrected chi connectivity index (χ1v) is 3.56. The molecule has 0 aromatic carbocycles. The highest BCUT2D eigenvalue weighted by molar-refractivity contribution is 9.18. The molecular weight excluding hydrogens is 226 g/mol. The van der Waals surface area contributed by atoms with Gasteiger partial charge in [0.15, 0.2) is 0 Å². The SMILES string of the molecule is CN(CBr)C(=O)Br. The maximum Gasteiger partial charge on any atom is 0.290 e. The van der Waals surface area contributed by atoms with Crippen molar-refractivity contribution in [1.82, 2.24) is 4.90 Å². The minimum Gasteiger partial charge on any atom is -0.326 e. The van der Waals surface area contributed by atoms with Crippen molar-refractivity contribution in [2.45, 2.75) is 0 Å². The summed E-state index contributed by atoms with van der Waals surface area (Å²) in [5, 5.41) is 0. The molecule has 0 aromatic heterocycles. The smallest absolute Gasteiger partial charge is 0.290 e. The second-order valence-corrected chi connectivity index (χ2v) is 2.25. The summed E-state index contributed by atoms with van der Waals surface area (Å²) < 4.78 is 0. The number of nitrogens with zero attached hydrogens (tertiary/aromatic N) is 1. The van der Waals surface area contributed by atoms with Crippen LogP contribution in [0.2, 0.25) is 0 Å². The average Bonchev–Trinajstić information content (AvgIpc) is 1.65. The average molecular weight is 231 g/mol. The molecule has 0 aliphatic rings. The Balaban J connectivity index is 3.34. The zero-order chi connectivity index (χ0) is 5.86. The molecule has 1 amide bonds. The fourth-order valence-corrected chi connectivity index (χ4v) is 0.737. The van der Waals surface area contributed by atoms with Crippen LogP contribution in [0, 0.1) is 0 Å². The van der Waals surface area contributed by atoms with Crippen LogP contribution < -0.4 is 0 Å². The summed E-state index contributed by atoms with van der Waals surface area (Å²) >= 11 is 5.85. The van der Waals surface area contributed by atoms with Crippen molar-refractivity contribution in [3.05, 3.63) is 0 Å². The lowest BCUT2D eigenvalue weighted by molar-refractivity contribution is 0.241. The van der Waals surface area contributed by atoms with Crippen LogP contribution in [-0.4, -0.2) is 22.2 Å². The number of halogens is 2. The number of carbonyl (C=O) groups excluding carboxylic acids is 1. The molecule has 0 atom stereocenters. The van der Waals surface area contributed by atoms with E-state index in [2.05, 4.69) is 31.9 Å². The summed E-state index contributed by atoms with van der Waals surface area (Å²) in [6, 6.07) is 0. The third kappa shape index (κ3) is 3.05. The Morgan fingerprint density at radius 1 is 1.86 bits per heavy atom. The Kier molecular flexibility index (Phi) is 3.65. The van der Waals surface area contributed by atoms with Crippen molar-refractivity contribution in [1.29, 1.82) is 0 Å². The van der Waals surface area contributed by atoms with Crippen LogP contribution in [0.3, 0.4) is 0 Å². The van der Waals surface area contributed by atoms with Gasteiger partial charge in [-0.1, -0.05) is 15.9 Å². The zero-order valence-corrected chi connectivity index (χ0v) is 6.99. The molecule has 4 heteroatoms. The highest BCUT2D eigenvalue weighted by Gasteiger charge is 1.97. The van der Waals surface area contributed by atoms with E-state index in [0.29, 0.717) is 5.45 Å².